The number of carbonyl (C=O) groups is 1. The van der Waals surface area contributed by atoms with Gasteiger partial charge >= 0.3 is 0 Å². The predicted molar refractivity (Wildman–Crippen MR) is 84.4 cm³/mol. The monoisotopic (exact) mass is 277 g/mol. The fourth-order valence-corrected chi connectivity index (χ4v) is 2.16. The first-order valence-electron chi connectivity index (χ1n) is 6.66. The van der Waals surface area contributed by atoms with Crippen LogP contribution in [0.4, 0.5) is 0 Å². The maximum atomic E-state index is 12.1. The largest absolute Gasteiger partial charge is 0.357 e. The van der Waals surface area contributed by atoms with Crippen molar-refractivity contribution in [3.05, 3.63) is 72.1 Å². The van der Waals surface area contributed by atoms with Crippen LogP contribution < -0.4 is 5.43 Å². The third kappa shape index (κ3) is 3.00. The highest BCUT2D eigenvalue weighted by Crippen LogP contribution is 2.15. The summed E-state index contributed by atoms with van der Waals surface area (Å²) in [6, 6.07) is 15.5. The topological polar surface area (TPSA) is 46.4 Å². The van der Waals surface area contributed by atoms with Crippen molar-refractivity contribution in [2.24, 2.45) is 12.1 Å². The Bertz CT molecular complexity index is 818. The van der Waals surface area contributed by atoms with Crippen molar-refractivity contribution < 1.29 is 4.79 Å². The van der Waals surface area contributed by atoms with Crippen molar-refractivity contribution in [2.45, 2.75) is 0 Å². The number of nitrogens with zero attached hydrogens (tertiary/aromatic N) is 2. The van der Waals surface area contributed by atoms with Crippen LogP contribution in [0.3, 0.4) is 0 Å². The van der Waals surface area contributed by atoms with E-state index >= 15 is 0 Å². The predicted octanol–water partition coefficient (Wildman–Crippen LogP) is 2.94. The summed E-state index contributed by atoms with van der Waals surface area (Å²) in [6.45, 7) is 0. The molecule has 0 bridgehead atoms. The van der Waals surface area contributed by atoms with Gasteiger partial charge in [-0.2, -0.15) is 5.10 Å². The molecule has 0 saturated carbocycles. The molecule has 0 saturated heterocycles. The summed E-state index contributed by atoms with van der Waals surface area (Å²) in [7, 11) is 1.94. The highest BCUT2D eigenvalue weighted by Gasteiger charge is 2.04. The van der Waals surface area contributed by atoms with Gasteiger partial charge in [-0.05, 0) is 29.0 Å². The number of amides is 1. The third-order valence-corrected chi connectivity index (χ3v) is 3.25. The van der Waals surface area contributed by atoms with Gasteiger partial charge in [0, 0.05) is 30.6 Å². The van der Waals surface area contributed by atoms with E-state index in [-0.39, 0.29) is 5.91 Å². The first-order chi connectivity index (χ1) is 10.2. The normalized spacial score (nSPS) is 11.1. The van der Waals surface area contributed by atoms with Crippen LogP contribution in [0.1, 0.15) is 15.9 Å². The SMILES string of the molecule is Cn1ccc(/C=N\NC(=O)c2ccc3ccccc3c2)c1. The minimum atomic E-state index is -0.215. The molecule has 0 radical (unpaired) electrons. The van der Waals surface area contributed by atoms with Crippen LogP contribution in [0.2, 0.25) is 0 Å². The Kier molecular flexibility index (Phi) is 3.51. The lowest BCUT2D eigenvalue weighted by Crippen LogP contribution is -2.17. The summed E-state index contributed by atoms with van der Waals surface area (Å²) < 4.78 is 1.92. The number of aryl methyl sites for hydroxylation is 1. The minimum Gasteiger partial charge on any atom is -0.357 e. The summed E-state index contributed by atoms with van der Waals surface area (Å²) in [5.74, 6) is -0.215. The first-order valence-corrected chi connectivity index (χ1v) is 6.66. The van der Waals surface area contributed by atoms with Crippen LogP contribution in [0, 0.1) is 0 Å². The molecule has 4 nitrogen and oxygen atoms in total. The van der Waals surface area contributed by atoms with Gasteiger partial charge in [-0.3, -0.25) is 4.79 Å². The first kappa shape index (κ1) is 13.1. The van der Waals surface area contributed by atoms with Crippen LogP contribution in [0.25, 0.3) is 10.8 Å². The number of hydrogen-bond acceptors (Lipinski definition) is 2. The van der Waals surface area contributed by atoms with Crippen molar-refractivity contribution in [2.75, 3.05) is 0 Å². The zero-order valence-corrected chi connectivity index (χ0v) is 11.7. The lowest BCUT2D eigenvalue weighted by Gasteiger charge is -2.02. The van der Waals surface area contributed by atoms with E-state index in [0.29, 0.717) is 5.56 Å². The standard InChI is InChI=1S/C17H15N3O/c1-20-9-8-13(12-20)11-18-19-17(21)16-7-6-14-4-2-3-5-15(14)10-16/h2-12H,1H3,(H,19,21)/b18-11-. The molecule has 0 aliphatic rings. The molecule has 1 heterocycles. The molecular formula is C17H15N3O. The minimum absolute atomic E-state index is 0.215. The Balaban J connectivity index is 1.73. The van der Waals surface area contributed by atoms with E-state index in [4.69, 9.17) is 0 Å². The van der Waals surface area contributed by atoms with Gasteiger partial charge in [-0.1, -0.05) is 30.3 Å². The summed E-state index contributed by atoms with van der Waals surface area (Å²) in [5.41, 5.74) is 4.08. The van der Waals surface area contributed by atoms with Crippen LogP contribution >= 0.6 is 0 Å². The number of nitrogens with one attached hydrogen (secondary N) is 1. The molecule has 1 N–H and O–H groups in total. The van der Waals surface area contributed by atoms with E-state index in [9.17, 15) is 4.79 Å². The average Bonchev–Trinajstić information content (AvgIpc) is 2.92. The van der Waals surface area contributed by atoms with Crippen molar-refractivity contribution in [1.29, 1.82) is 0 Å². The zero-order valence-electron chi connectivity index (χ0n) is 11.7. The summed E-state index contributed by atoms with van der Waals surface area (Å²) >= 11 is 0. The van der Waals surface area contributed by atoms with Crippen molar-refractivity contribution >= 4 is 22.9 Å². The van der Waals surface area contributed by atoms with Crippen molar-refractivity contribution in [3.63, 3.8) is 0 Å². The fraction of sp³-hybridized carbons (Fsp3) is 0.0588. The number of fused-ring (bicyclic) bond motifs is 1. The van der Waals surface area contributed by atoms with Crippen molar-refractivity contribution in [1.82, 2.24) is 9.99 Å². The maximum Gasteiger partial charge on any atom is 0.271 e. The Labute approximate surface area is 122 Å². The molecule has 0 fully saturated rings. The number of hydrogen-bond donors (Lipinski definition) is 1. The third-order valence-electron chi connectivity index (χ3n) is 3.25. The Morgan fingerprint density at radius 2 is 1.95 bits per heavy atom. The van der Waals surface area contributed by atoms with E-state index in [2.05, 4.69) is 10.5 Å². The van der Waals surface area contributed by atoms with Crippen LogP contribution in [0.15, 0.2) is 66.0 Å². The Morgan fingerprint density at radius 1 is 1.14 bits per heavy atom. The zero-order chi connectivity index (χ0) is 14.7. The number of rotatable bonds is 3. The number of carbonyl (C=O) groups excluding carboxylic acids is 1. The van der Waals surface area contributed by atoms with Crippen LogP contribution in [0.5, 0.6) is 0 Å². The van der Waals surface area contributed by atoms with E-state index in [0.717, 1.165) is 16.3 Å². The van der Waals surface area contributed by atoms with Crippen LogP contribution in [-0.2, 0) is 7.05 Å². The van der Waals surface area contributed by atoms with Gasteiger partial charge in [0.05, 0.1) is 6.21 Å². The van der Waals surface area contributed by atoms with Gasteiger partial charge in [0.2, 0.25) is 0 Å². The average molecular weight is 277 g/mol. The lowest BCUT2D eigenvalue weighted by atomic mass is 10.1. The molecule has 0 aliphatic carbocycles. The Hall–Kier alpha value is -2.88. The molecule has 0 atom stereocenters. The van der Waals surface area contributed by atoms with Gasteiger partial charge in [-0.15, -0.1) is 0 Å². The smallest absolute Gasteiger partial charge is 0.271 e. The molecule has 0 aliphatic heterocycles. The molecule has 0 spiro atoms. The van der Waals surface area contributed by atoms with Gasteiger partial charge in [0.25, 0.3) is 5.91 Å². The van der Waals surface area contributed by atoms with Crippen molar-refractivity contribution in [3.8, 4) is 0 Å². The second-order valence-electron chi connectivity index (χ2n) is 4.87. The van der Waals surface area contributed by atoms with E-state index < -0.39 is 0 Å². The Morgan fingerprint density at radius 3 is 2.71 bits per heavy atom. The van der Waals surface area contributed by atoms with Gasteiger partial charge in [-0.25, -0.2) is 5.43 Å². The molecule has 21 heavy (non-hydrogen) atoms. The highest BCUT2D eigenvalue weighted by atomic mass is 16.2. The molecule has 0 unspecified atom stereocenters. The van der Waals surface area contributed by atoms with E-state index in [1.54, 1.807) is 12.3 Å². The van der Waals surface area contributed by atoms with E-state index in [1.807, 2.05) is 66.5 Å². The number of benzene rings is 2. The number of aromatic nitrogens is 1. The number of hydrazone groups is 1. The van der Waals surface area contributed by atoms with Gasteiger partial charge in [0.1, 0.15) is 0 Å². The summed E-state index contributed by atoms with van der Waals surface area (Å²) in [4.78, 5) is 12.1. The van der Waals surface area contributed by atoms with Crippen LogP contribution in [-0.4, -0.2) is 16.7 Å². The lowest BCUT2D eigenvalue weighted by molar-refractivity contribution is 0.0955. The quantitative estimate of drug-likeness (QED) is 0.580. The highest BCUT2D eigenvalue weighted by molar-refractivity contribution is 5.98. The maximum absolute atomic E-state index is 12.1. The molecule has 3 rings (SSSR count). The fourth-order valence-electron chi connectivity index (χ4n) is 2.16. The summed E-state index contributed by atoms with van der Waals surface area (Å²) in [5, 5.41) is 6.13. The second-order valence-corrected chi connectivity index (χ2v) is 4.87. The second kappa shape index (κ2) is 5.63. The van der Waals surface area contributed by atoms with E-state index in [1.165, 1.54) is 0 Å². The molecular weight excluding hydrogens is 262 g/mol. The molecule has 3 aromatic rings. The van der Waals surface area contributed by atoms with Gasteiger partial charge < -0.3 is 4.57 Å². The molecule has 1 amide bonds. The molecule has 4 heteroatoms. The molecule has 104 valence electrons. The molecule has 2 aromatic carbocycles. The van der Waals surface area contributed by atoms with Gasteiger partial charge in [0.15, 0.2) is 0 Å². The molecule has 1 aromatic heterocycles. The summed E-state index contributed by atoms with van der Waals surface area (Å²) in [6.07, 6.45) is 5.47.